The maximum Gasteiger partial charge on any atom is 4.00 e. The predicted octanol–water partition coefficient (Wildman–Crippen LogP) is 3.45. The quantitative estimate of drug-likeness (QED) is 0.685. The molecule has 0 spiro atoms. The Morgan fingerprint density at radius 3 is 2.36 bits per heavy atom. The molecule has 0 saturated carbocycles. The van der Waals surface area contributed by atoms with Crippen molar-refractivity contribution in [2.45, 2.75) is 20.3 Å². The standard InChI is InChI=1S/C8H11O.C2H5.2CH3.Pt/c1-2-9-7-8-5-3-4-6-8;1-2;;;/h3,5H,2,4,7H2,1H3;1H2,2H3;2*1H3;/q4*-1;+4. The molecule has 0 bridgehead atoms. The molecule has 0 amide bonds. The summed E-state index contributed by atoms with van der Waals surface area (Å²) in [6, 6.07) is 0. The largest absolute Gasteiger partial charge is 4.00 e. The molecule has 0 aliphatic heterocycles. The first kappa shape index (κ1) is 23.7. The van der Waals surface area contributed by atoms with Crippen LogP contribution in [-0.2, 0) is 25.8 Å². The van der Waals surface area contributed by atoms with Gasteiger partial charge in [-0.05, 0) is 6.92 Å². The molecule has 86 valence electrons. The van der Waals surface area contributed by atoms with Gasteiger partial charge in [-0.3, -0.25) is 6.08 Å². The molecule has 1 aliphatic carbocycles. The maximum atomic E-state index is 5.17. The van der Waals surface area contributed by atoms with Crippen LogP contribution in [-0.4, -0.2) is 13.2 Å². The fourth-order valence-electron chi connectivity index (χ4n) is 0.761. The van der Waals surface area contributed by atoms with E-state index < -0.39 is 0 Å². The Labute approximate surface area is 105 Å². The first-order valence-electron chi connectivity index (χ1n) is 3.98. The molecule has 1 nitrogen and oxygen atoms in total. The zero-order valence-corrected chi connectivity index (χ0v) is 12.0. The Bertz CT molecular complexity index is 139. The van der Waals surface area contributed by atoms with Crippen molar-refractivity contribution in [2.75, 3.05) is 13.2 Å². The second-order valence-corrected chi connectivity index (χ2v) is 1.95. The minimum absolute atomic E-state index is 0. The summed E-state index contributed by atoms with van der Waals surface area (Å²) in [6.45, 7) is 8.52. The van der Waals surface area contributed by atoms with E-state index in [0.29, 0.717) is 0 Å². The zero-order valence-electron chi connectivity index (χ0n) is 9.71. The maximum absolute atomic E-state index is 5.17. The van der Waals surface area contributed by atoms with Gasteiger partial charge in [0.1, 0.15) is 0 Å². The molecule has 0 N–H and O–H groups in total. The Kier molecular flexibility index (Phi) is 31.9. The van der Waals surface area contributed by atoms with Gasteiger partial charge >= 0.3 is 21.1 Å². The van der Waals surface area contributed by atoms with Crippen molar-refractivity contribution in [1.29, 1.82) is 0 Å². The van der Waals surface area contributed by atoms with Crippen LogP contribution in [0, 0.1) is 27.9 Å². The monoisotopic (exact) mass is 377 g/mol. The summed E-state index contributed by atoms with van der Waals surface area (Å²) in [6.07, 6.45) is 8.29. The Hall–Kier alpha value is 0.128. The first-order valence-corrected chi connectivity index (χ1v) is 3.98. The van der Waals surface area contributed by atoms with E-state index in [2.05, 4.69) is 25.2 Å². The van der Waals surface area contributed by atoms with Crippen molar-refractivity contribution in [3.8, 4) is 0 Å². The van der Waals surface area contributed by atoms with Gasteiger partial charge in [0, 0.05) is 13.2 Å². The minimum atomic E-state index is 0. The third kappa shape index (κ3) is 12.1. The fourth-order valence-corrected chi connectivity index (χ4v) is 0.761. The van der Waals surface area contributed by atoms with Crippen LogP contribution in [0.5, 0.6) is 0 Å². The van der Waals surface area contributed by atoms with Gasteiger partial charge in [0.25, 0.3) is 0 Å². The molecule has 14 heavy (non-hydrogen) atoms. The van der Waals surface area contributed by atoms with E-state index in [1.54, 1.807) is 6.92 Å². The zero-order chi connectivity index (χ0) is 8.53. The number of allylic oxidation sites excluding steroid dienone is 2. The molecular weight excluding hydrogens is 355 g/mol. The summed E-state index contributed by atoms with van der Waals surface area (Å²) in [4.78, 5) is 0. The van der Waals surface area contributed by atoms with Gasteiger partial charge in [0.2, 0.25) is 0 Å². The van der Waals surface area contributed by atoms with Crippen molar-refractivity contribution in [3.63, 3.8) is 0 Å². The fraction of sp³-hybridized carbons (Fsp3) is 0.417. The van der Waals surface area contributed by atoms with Crippen LogP contribution >= 0.6 is 0 Å². The van der Waals surface area contributed by atoms with Gasteiger partial charge in [-0.15, -0.1) is 6.42 Å². The second-order valence-electron chi connectivity index (χ2n) is 1.95. The van der Waals surface area contributed by atoms with E-state index in [1.165, 1.54) is 5.57 Å². The Morgan fingerprint density at radius 2 is 2.00 bits per heavy atom. The normalized spacial score (nSPS) is 10.9. The molecule has 1 rings (SSSR count). The average molecular weight is 377 g/mol. The number of ether oxygens (including phenoxy) is 1. The van der Waals surface area contributed by atoms with Crippen LogP contribution in [0.4, 0.5) is 0 Å². The van der Waals surface area contributed by atoms with Crippen molar-refractivity contribution < 1.29 is 25.8 Å². The number of rotatable bonds is 3. The number of hydrogen-bond acceptors (Lipinski definition) is 1. The van der Waals surface area contributed by atoms with Crippen molar-refractivity contribution in [3.05, 3.63) is 45.6 Å². The van der Waals surface area contributed by atoms with Crippen molar-refractivity contribution in [1.82, 2.24) is 0 Å². The van der Waals surface area contributed by atoms with E-state index >= 15 is 0 Å². The van der Waals surface area contributed by atoms with Crippen LogP contribution in [0.3, 0.4) is 0 Å². The third-order valence-corrected chi connectivity index (χ3v) is 1.23. The summed E-state index contributed by atoms with van der Waals surface area (Å²) in [7, 11) is 0. The molecule has 2 heteroatoms. The van der Waals surface area contributed by atoms with Gasteiger partial charge < -0.3 is 26.5 Å². The average Bonchev–Trinajstić information content (AvgIpc) is 2.57. The summed E-state index contributed by atoms with van der Waals surface area (Å²) in [5.41, 5.74) is 1.19. The third-order valence-electron chi connectivity index (χ3n) is 1.23. The van der Waals surface area contributed by atoms with Crippen LogP contribution in [0.1, 0.15) is 20.3 Å². The van der Waals surface area contributed by atoms with E-state index in [4.69, 9.17) is 4.74 Å². The van der Waals surface area contributed by atoms with E-state index in [1.807, 2.05) is 6.92 Å². The molecule has 0 aromatic heterocycles. The molecule has 0 atom stereocenters. The van der Waals surface area contributed by atoms with Crippen molar-refractivity contribution in [2.24, 2.45) is 0 Å². The molecule has 0 aromatic carbocycles. The minimum Gasteiger partial charge on any atom is -0.380 e. The molecule has 0 aromatic rings. The van der Waals surface area contributed by atoms with Gasteiger partial charge in [0.05, 0.1) is 0 Å². The van der Waals surface area contributed by atoms with E-state index in [-0.39, 0.29) is 35.9 Å². The molecule has 0 fully saturated rings. The molecule has 0 saturated heterocycles. The van der Waals surface area contributed by atoms with Crippen LogP contribution in [0.15, 0.2) is 17.7 Å². The molecule has 1 aliphatic rings. The smallest absolute Gasteiger partial charge is 0.380 e. The first-order chi connectivity index (χ1) is 5.43. The summed E-state index contributed by atoms with van der Waals surface area (Å²) >= 11 is 0. The van der Waals surface area contributed by atoms with Crippen LogP contribution < -0.4 is 0 Å². The topological polar surface area (TPSA) is 9.23 Å². The SMILES string of the molecule is CCOCC1=[C-]CC=C1.[CH2-]C.[CH3-].[CH3-].[Pt+4]. The van der Waals surface area contributed by atoms with E-state index in [0.717, 1.165) is 19.6 Å². The van der Waals surface area contributed by atoms with Gasteiger partial charge in [-0.25, -0.2) is 6.08 Å². The van der Waals surface area contributed by atoms with Crippen molar-refractivity contribution >= 4 is 0 Å². The molecule has 0 radical (unpaired) electrons. The Morgan fingerprint density at radius 1 is 1.43 bits per heavy atom. The molecular formula is C12H22OPt. The predicted molar refractivity (Wildman–Crippen MR) is 60.9 cm³/mol. The van der Waals surface area contributed by atoms with Gasteiger partial charge in [-0.1, -0.05) is 0 Å². The molecule has 0 unspecified atom stereocenters. The summed E-state index contributed by atoms with van der Waals surface area (Å²) in [5.74, 6) is 0. The molecule has 0 heterocycles. The summed E-state index contributed by atoms with van der Waals surface area (Å²) in [5, 5.41) is 0. The number of hydrogen-bond donors (Lipinski definition) is 0. The Balaban J connectivity index is -0.0000000942. The summed E-state index contributed by atoms with van der Waals surface area (Å²) < 4.78 is 5.17. The van der Waals surface area contributed by atoms with Gasteiger partial charge in [0.15, 0.2) is 0 Å². The van der Waals surface area contributed by atoms with E-state index in [9.17, 15) is 0 Å². The van der Waals surface area contributed by atoms with Crippen LogP contribution in [0.2, 0.25) is 0 Å². The van der Waals surface area contributed by atoms with Crippen LogP contribution in [0.25, 0.3) is 0 Å². The van der Waals surface area contributed by atoms with Gasteiger partial charge in [-0.2, -0.15) is 18.6 Å². The second kappa shape index (κ2) is 18.8.